The molecule has 10 nitrogen and oxygen atoms in total. The molecule has 0 aliphatic carbocycles. The van der Waals surface area contributed by atoms with Crippen LogP contribution in [0, 0.1) is 0 Å². The van der Waals surface area contributed by atoms with Crippen molar-refractivity contribution >= 4 is 11.7 Å². The zero-order chi connectivity index (χ0) is 25.5. The molecule has 0 radical (unpaired) electrons. The highest BCUT2D eigenvalue weighted by Gasteiger charge is 2.23. The van der Waals surface area contributed by atoms with Crippen LogP contribution in [0.1, 0.15) is 0 Å². The lowest BCUT2D eigenvalue weighted by Crippen LogP contribution is -2.50. The van der Waals surface area contributed by atoms with Gasteiger partial charge in [-0.15, -0.1) is 10.2 Å². The number of rotatable bonds is 9. The van der Waals surface area contributed by atoms with Gasteiger partial charge in [0.25, 0.3) is 5.91 Å². The first-order chi connectivity index (χ1) is 17.6. The van der Waals surface area contributed by atoms with E-state index in [1.807, 2.05) is 24.3 Å². The smallest absolute Gasteiger partial charge is 0.260 e. The summed E-state index contributed by atoms with van der Waals surface area (Å²) in [5.74, 6) is 3.70. The lowest BCUT2D eigenvalue weighted by molar-refractivity contribution is -0.133. The fraction of sp³-hybridized carbons (Fsp3) is 0.346. The molecule has 1 fully saturated rings. The number of amides is 1. The molecule has 2 aromatic carbocycles. The second kappa shape index (κ2) is 11.5. The number of anilines is 1. The van der Waals surface area contributed by atoms with Crippen molar-refractivity contribution in [2.24, 2.45) is 0 Å². The van der Waals surface area contributed by atoms with Crippen LogP contribution in [0.25, 0.3) is 11.3 Å². The summed E-state index contributed by atoms with van der Waals surface area (Å²) in [5.41, 5.74) is 1.48. The van der Waals surface area contributed by atoms with Gasteiger partial charge >= 0.3 is 0 Å². The minimum absolute atomic E-state index is 0.00435. The molecule has 1 aromatic heterocycles. The quantitative estimate of drug-likeness (QED) is 0.445. The Labute approximate surface area is 210 Å². The van der Waals surface area contributed by atoms with E-state index in [2.05, 4.69) is 15.1 Å². The predicted molar refractivity (Wildman–Crippen MR) is 134 cm³/mol. The van der Waals surface area contributed by atoms with Crippen LogP contribution < -0.4 is 28.6 Å². The van der Waals surface area contributed by atoms with Crippen molar-refractivity contribution in [2.45, 2.75) is 0 Å². The normalized spacial score (nSPS) is 13.2. The molecular weight excluding hydrogens is 464 g/mol. The van der Waals surface area contributed by atoms with Crippen LogP contribution in [0.5, 0.6) is 28.7 Å². The zero-order valence-corrected chi connectivity index (χ0v) is 20.9. The van der Waals surface area contributed by atoms with Crippen molar-refractivity contribution in [3.63, 3.8) is 0 Å². The molecule has 0 spiro atoms. The standard InChI is InChI=1S/C26H30N4O6/c1-32-19-5-7-20(8-6-19)36-17-25(31)30-13-11-29(12-14-30)24-10-9-21(27-28-24)18-15-22(33-2)26(35-4)23(16-18)34-3/h5-10,15-16H,11-14,17H2,1-4H3. The van der Waals surface area contributed by atoms with E-state index < -0.39 is 0 Å². The maximum Gasteiger partial charge on any atom is 0.260 e. The van der Waals surface area contributed by atoms with E-state index in [0.29, 0.717) is 54.9 Å². The summed E-state index contributed by atoms with van der Waals surface area (Å²) in [4.78, 5) is 16.5. The van der Waals surface area contributed by atoms with Crippen molar-refractivity contribution < 1.29 is 28.5 Å². The largest absolute Gasteiger partial charge is 0.497 e. The van der Waals surface area contributed by atoms with Gasteiger partial charge in [0, 0.05) is 31.7 Å². The maximum atomic E-state index is 12.6. The third-order valence-electron chi connectivity index (χ3n) is 5.99. The number of hydrogen-bond acceptors (Lipinski definition) is 9. The third kappa shape index (κ3) is 5.54. The van der Waals surface area contributed by atoms with Gasteiger partial charge in [-0.2, -0.15) is 0 Å². The van der Waals surface area contributed by atoms with E-state index in [-0.39, 0.29) is 12.5 Å². The fourth-order valence-corrected chi connectivity index (χ4v) is 3.97. The molecule has 2 heterocycles. The van der Waals surface area contributed by atoms with E-state index in [9.17, 15) is 4.79 Å². The number of hydrogen-bond donors (Lipinski definition) is 0. The maximum absolute atomic E-state index is 12.6. The van der Waals surface area contributed by atoms with Crippen molar-refractivity contribution in [1.29, 1.82) is 0 Å². The topological polar surface area (TPSA) is 95.5 Å². The molecule has 0 bridgehead atoms. The second-order valence-electron chi connectivity index (χ2n) is 8.02. The molecule has 4 rings (SSSR count). The highest BCUT2D eigenvalue weighted by Crippen LogP contribution is 2.40. The summed E-state index contributed by atoms with van der Waals surface area (Å²) in [6.07, 6.45) is 0. The van der Waals surface area contributed by atoms with Gasteiger partial charge in [-0.1, -0.05) is 0 Å². The summed E-state index contributed by atoms with van der Waals surface area (Å²) in [6, 6.07) is 14.7. The van der Waals surface area contributed by atoms with Crippen LogP contribution in [0.3, 0.4) is 0 Å². The van der Waals surface area contributed by atoms with Gasteiger partial charge in [0.2, 0.25) is 5.75 Å². The molecule has 1 aliphatic heterocycles. The number of methoxy groups -OCH3 is 4. The highest BCUT2D eigenvalue weighted by atomic mass is 16.5. The summed E-state index contributed by atoms with van der Waals surface area (Å²) >= 11 is 0. The fourth-order valence-electron chi connectivity index (χ4n) is 3.97. The van der Waals surface area contributed by atoms with Gasteiger partial charge < -0.3 is 33.5 Å². The Morgan fingerprint density at radius 3 is 1.94 bits per heavy atom. The molecule has 36 heavy (non-hydrogen) atoms. The minimum Gasteiger partial charge on any atom is -0.497 e. The number of piperazine rings is 1. The van der Waals surface area contributed by atoms with Crippen molar-refractivity contribution in [3.05, 3.63) is 48.5 Å². The Kier molecular flexibility index (Phi) is 7.94. The summed E-state index contributed by atoms with van der Waals surface area (Å²) in [6.45, 7) is 2.48. The predicted octanol–water partition coefficient (Wildman–Crippen LogP) is 2.91. The molecule has 10 heteroatoms. The molecular formula is C26H30N4O6. The van der Waals surface area contributed by atoms with E-state index in [1.54, 1.807) is 57.6 Å². The lowest BCUT2D eigenvalue weighted by atomic mass is 10.1. The Morgan fingerprint density at radius 2 is 1.42 bits per heavy atom. The molecule has 190 valence electrons. The van der Waals surface area contributed by atoms with Gasteiger partial charge in [0.15, 0.2) is 23.9 Å². The summed E-state index contributed by atoms with van der Waals surface area (Å²) in [7, 11) is 6.32. The van der Waals surface area contributed by atoms with Crippen LogP contribution in [-0.4, -0.2) is 82.2 Å². The third-order valence-corrected chi connectivity index (χ3v) is 5.99. The number of carbonyl (C=O) groups is 1. The Hall–Kier alpha value is -4.21. The number of carbonyl (C=O) groups excluding carboxylic acids is 1. The van der Waals surface area contributed by atoms with Crippen molar-refractivity contribution in [3.8, 4) is 40.0 Å². The molecule has 0 unspecified atom stereocenters. The van der Waals surface area contributed by atoms with E-state index in [1.165, 1.54) is 0 Å². The molecule has 0 saturated carbocycles. The van der Waals surface area contributed by atoms with E-state index in [4.69, 9.17) is 23.7 Å². The van der Waals surface area contributed by atoms with Crippen LogP contribution in [0.15, 0.2) is 48.5 Å². The summed E-state index contributed by atoms with van der Waals surface area (Å²) < 4.78 is 27.0. The van der Waals surface area contributed by atoms with Crippen LogP contribution in [0.4, 0.5) is 5.82 Å². The number of ether oxygens (including phenoxy) is 5. The zero-order valence-electron chi connectivity index (χ0n) is 20.9. The Bertz CT molecular complexity index is 1140. The van der Waals surface area contributed by atoms with Crippen LogP contribution in [0.2, 0.25) is 0 Å². The van der Waals surface area contributed by atoms with Gasteiger partial charge in [0.1, 0.15) is 11.5 Å². The molecule has 3 aromatic rings. The van der Waals surface area contributed by atoms with Crippen LogP contribution >= 0.6 is 0 Å². The van der Waals surface area contributed by atoms with E-state index >= 15 is 0 Å². The molecule has 1 amide bonds. The first kappa shape index (κ1) is 24.9. The van der Waals surface area contributed by atoms with Gasteiger partial charge in [0.05, 0.1) is 34.1 Å². The average molecular weight is 495 g/mol. The number of benzene rings is 2. The van der Waals surface area contributed by atoms with Crippen LogP contribution in [-0.2, 0) is 4.79 Å². The summed E-state index contributed by atoms with van der Waals surface area (Å²) in [5, 5.41) is 8.82. The lowest BCUT2D eigenvalue weighted by Gasteiger charge is -2.35. The van der Waals surface area contributed by atoms with Crippen molar-refractivity contribution in [1.82, 2.24) is 15.1 Å². The van der Waals surface area contributed by atoms with Crippen molar-refractivity contribution in [2.75, 3.05) is 66.1 Å². The molecule has 0 N–H and O–H groups in total. The highest BCUT2D eigenvalue weighted by molar-refractivity contribution is 5.78. The Morgan fingerprint density at radius 1 is 0.778 bits per heavy atom. The number of aromatic nitrogens is 2. The monoisotopic (exact) mass is 494 g/mol. The SMILES string of the molecule is COc1ccc(OCC(=O)N2CCN(c3ccc(-c4cc(OC)c(OC)c(OC)c4)nn3)CC2)cc1. The average Bonchev–Trinajstić information content (AvgIpc) is 2.95. The van der Waals surface area contributed by atoms with E-state index in [0.717, 1.165) is 17.1 Å². The number of nitrogens with zero attached hydrogens (tertiary/aromatic N) is 4. The first-order valence-electron chi connectivity index (χ1n) is 11.5. The first-order valence-corrected chi connectivity index (χ1v) is 11.5. The Balaban J connectivity index is 1.34. The minimum atomic E-state index is -0.0469. The van der Waals surface area contributed by atoms with Gasteiger partial charge in [-0.3, -0.25) is 4.79 Å². The molecule has 0 atom stereocenters. The van der Waals surface area contributed by atoms with Gasteiger partial charge in [-0.05, 0) is 48.5 Å². The molecule has 1 aliphatic rings. The molecule has 1 saturated heterocycles. The van der Waals surface area contributed by atoms with Gasteiger partial charge in [-0.25, -0.2) is 0 Å². The second-order valence-corrected chi connectivity index (χ2v) is 8.02.